The standard InChI is InChI=1S/C18H32N4O/c1-5-18(6-2,10-12-23)14-22-17(19-7-3)21-13-16-15(4)9-8-11-20-16/h8-9,11,23H,5-7,10,12-14H2,1-4H3,(H2,19,21,22). The molecule has 0 aromatic carbocycles. The monoisotopic (exact) mass is 320 g/mol. The lowest BCUT2D eigenvalue weighted by Gasteiger charge is -2.32. The molecule has 0 aliphatic heterocycles. The molecule has 1 rings (SSSR count). The van der Waals surface area contributed by atoms with Crippen LogP contribution in [0, 0.1) is 12.3 Å². The number of nitrogens with zero attached hydrogens (tertiary/aromatic N) is 2. The van der Waals surface area contributed by atoms with Gasteiger partial charge in [-0.1, -0.05) is 19.9 Å². The number of aryl methyl sites for hydroxylation is 1. The van der Waals surface area contributed by atoms with E-state index in [-0.39, 0.29) is 12.0 Å². The molecule has 0 aliphatic carbocycles. The Balaban J connectivity index is 2.74. The zero-order valence-corrected chi connectivity index (χ0v) is 15.0. The molecule has 5 heteroatoms. The molecule has 0 saturated carbocycles. The van der Waals surface area contributed by atoms with Crippen molar-refractivity contribution in [3.05, 3.63) is 29.6 Å². The SMILES string of the molecule is CCNC(=NCc1ncccc1C)NCC(CC)(CC)CCO. The number of aliphatic hydroxyl groups is 1. The molecule has 0 aliphatic rings. The molecule has 0 spiro atoms. The molecule has 0 saturated heterocycles. The Morgan fingerprint density at radius 1 is 1.26 bits per heavy atom. The average Bonchev–Trinajstić information content (AvgIpc) is 2.57. The number of aromatic nitrogens is 1. The lowest BCUT2D eigenvalue weighted by molar-refractivity contribution is 0.169. The van der Waals surface area contributed by atoms with Crippen molar-refractivity contribution in [3.63, 3.8) is 0 Å². The summed E-state index contributed by atoms with van der Waals surface area (Å²) in [6.07, 6.45) is 4.69. The maximum absolute atomic E-state index is 9.33. The highest BCUT2D eigenvalue weighted by molar-refractivity contribution is 5.79. The van der Waals surface area contributed by atoms with Gasteiger partial charge in [0.05, 0.1) is 12.2 Å². The fourth-order valence-corrected chi connectivity index (χ4v) is 2.63. The Kier molecular flexibility index (Phi) is 8.62. The summed E-state index contributed by atoms with van der Waals surface area (Å²) < 4.78 is 0. The number of hydrogen-bond acceptors (Lipinski definition) is 3. The summed E-state index contributed by atoms with van der Waals surface area (Å²) in [6, 6.07) is 4.00. The molecule has 5 nitrogen and oxygen atoms in total. The third-order valence-corrected chi connectivity index (χ3v) is 4.62. The van der Waals surface area contributed by atoms with Gasteiger partial charge in [0.1, 0.15) is 0 Å². The van der Waals surface area contributed by atoms with E-state index in [1.165, 1.54) is 0 Å². The Morgan fingerprint density at radius 3 is 2.57 bits per heavy atom. The van der Waals surface area contributed by atoms with E-state index in [1.54, 1.807) is 6.20 Å². The van der Waals surface area contributed by atoms with Gasteiger partial charge >= 0.3 is 0 Å². The number of aliphatic hydroxyl groups excluding tert-OH is 1. The predicted octanol–water partition coefficient (Wildman–Crippen LogP) is 2.63. The fraction of sp³-hybridized carbons (Fsp3) is 0.667. The van der Waals surface area contributed by atoms with Gasteiger partial charge in [-0.15, -0.1) is 0 Å². The number of hydrogen-bond donors (Lipinski definition) is 3. The van der Waals surface area contributed by atoms with Crippen LogP contribution in [0.3, 0.4) is 0 Å². The molecule has 0 unspecified atom stereocenters. The third-order valence-electron chi connectivity index (χ3n) is 4.62. The summed E-state index contributed by atoms with van der Waals surface area (Å²) in [4.78, 5) is 9.03. The molecular formula is C18H32N4O. The number of guanidine groups is 1. The molecule has 0 radical (unpaired) electrons. The van der Waals surface area contributed by atoms with Gasteiger partial charge in [-0.05, 0) is 50.2 Å². The zero-order valence-electron chi connectivity index (χ0n) is 15.0. The summed E-state index contributed by atoms with van der Waals surface area (Å²) in [5, 5.41) is 16.1. The fourth-order valence-electron chi connectivity index (χ4n) is 2.63. The first-order chi connectivity index (χ1) is 11.1. The highest BCUT2D eigenvalue weighted by Crippen LogP contribution is 2.29. The van der Waals surface area contributed by atoms with Gasteiger partial charge in [-0.2, -0.15) is 0 Å². The summed E-state index contributed by atoms with van der Waals surface area (Å²) in [7, 11) is 0. The molecular weight excluding hydrogens is 288 g/mol. The quantitative estimate of drug-likeness (QED) is 0.483. The molecule has 130 valence electrons. The van der Waals surface area contributed by atoms with Crippen molar-refractivity contribution in [3.8, 4) is 0 Å². The van der Waals surface area contributed by atoms with E-state index in [0.29, 0.717) is 6.54 Å². The number of pyridine rings is 1. The first kappa shape index (κ1) is 19.4. The Labute approximate surface area is 140 Å². The van der Waals surface area contributed by atoms with Gasteiger partial charge < -0.3 is 15.7 Å². The van der Waals surface area contributed by atoms with Crippen molar-refractivity contribution in [2.75, 3.05) is 19.7 Å². The molecule has 0 fully saturated rings. The predicted molar refractivity (Wildman–Crippen MR) is 96.5 cm³/mol. The second kappa shape index (κ2) is 10.2. The van der Waals surface area contributed by atoms with Crippen LogP contribution in [0.15, 0.2) is 23.3 Å². The van der Waals surface area contributed by atoms with E-state index in [0.717, 1.165) is 49.6 Å². The van der Waals surface area contributed by atoms with Gasteiger partial charge in [-0.25, -0.2) is 4.99 Å². The summed E-state index contributed by atoms with van der Waals surface area (Å²) >= 11 is 0. The molecule has 1 heterocycles. The lowest BCUT2D eigenvalue weighted by atomic mass is 9.79. The van der Waals surface area contributed by atoms with Crippen molar-refractivity contribution in [2.45, 2.75) is 53.5 Å². The Hall–Kier alpha value is -1.62. The van der Waals surface area contributed by atoms with Crippen LogP contribution in [0.5, 0.6) is 0 Å². The third kappa shape index (κ3) is 6.18. The van der Waals surface area contributed by atoms with E-state index < -0.39 is 0 Å². The first-order valence-corrected chi connectivity index (χ1v) is 8.64. The molecule has 0 amide bonds. The second-order valence-electron chi connectivity index (χ2n) is 6.00. The van der Waals surface area contributed by atoms with E-state index in [9.17, 15) is 5.11 Å². The Bertz CT molecular complexity index is 484. The van der Waals surface area contributed by atoms with Crippen LogP contribution < -0.4 is 10.6 Å². The van der Waals surface area contributed by atoms with Crippen molar-refractivity contribution in [1.82, 2.24) is 15.6 Å². The minimum Gasteiger partial charge on any atom is -0.396 e. The van der Waals surface area contributed by atoms with Crippen molar-refractivity contribution >= 4 is 5.96 Å². The van der Waals surface area contributed by atoms with Crippen molar-refractivity contribution in [1.29, 1.82) is 0 Å². The highest BCUT2D eigenvalue weighted by atomic mass is 16.3. The summed E-state index contributed by atoms with van der Waals surface area (Å²) in [5.74, 6) is 0.807. The maximum Gasteiger partial charge on any atom is 0.191 e. The van der Waals surface area contributed by atoms with Crippen molar-refractivity contribution in [2.24, 2.45) is 10.4 Å². The van der Waals surface area contributed by atoms with Crippen LogP contribution in [-0.2, 0) is 6.54 Å². The Morgan fingerprint density at radius 2 is 2.00 bits per heavy atom. The second-order valence-corrected chi connectivity index (χ2v) is 6.00. The highest BCUT2D eigenvalue weighted by Gasteiger charge is 2.25. The van der Waals surface area contributed by atoms with Crippen LogP contribution >= 0.6 is 0 Å². The van der Waals surface area contributed by atoms with E-state index >= 15 is 0 Å². The number of nitrogens with one attached hydrogen (secondary N) is 2. The summed E-state index contributed by atoms with van der Waals surface area (Å²) in [5.41, 5.74) is 2.27. The van der Waals surface area contributed by atoms with E-state index in [2.05, 4.69) is 54.4 Å². The van der Waals surface area contributed by atoms with Crippen LogP contribution in [0.2, 0.25) is 0 Å². The minimum absolute atomic E-state index is 0.117. The van der Waals surface area contributed by atoms with Crippen LogP contribution in [0.1, 0.15) is 51.3 Å². The normalized spacial score (nSPS) is 12.3. The van der Waals surface area contributed by atoms with Gasteiger partial charge in [0.25, 0.3) is 0 Å². The van der Waals surface area contributed by atoms with E-state index in [1.807, 2.05) is 6.07 Å². The van der Waals surface area contributed by atoms with Crippen molar-refractivity contribution < 1.29 is 5.11 Å². The molecule has 3 N–H and O–H groups in total. The summed E-state index contributed by atoms with van der Waals surface area (Å²) in [6.45, 7) is 10.9. The molecule has 0 bridgehead atoms. The molecule has 23 heavy (non-hydrogen) atoms. The first-order valence-electron chi connectivity index (χ1n) is 8.64. The average molecular weight is 320 g/mol. The van der Waals surface area contributed by atoms with Crippen LogP contribution in [-0.4, -0.2) is 35.7 Å². The smallest absolute Gasteiger partial charge is 0.191 e. The number of rotatable bonds is 9. The topological polar surface area (TPSA) is 69.5 Å². The largest absolute Gasteiger partial charge is 0.396 e. The van der Waals surface area contributed by atoms with Gasteiger partial charge in [0.15, 0.2) is 5.96 Å². The molecule has 1 aromatic rings. The van der Waals surface area contributed by atoms with E-state index in [4.69, 9.17) is 0 Å². The van der Waals surface area contributed by atoms with Crippen LogP contribution in [0.4, 0.5) is 0 Å². The molecule has 1 aromatic heterocycles. The number of aliphatic imine (C=N–C) groups is 1. The van der Waals surface area contributed by atoms with Gasteiger partial charge in [-0.3, -0.25) is 4.98 Å². The maximum atomic E-state index is 9.33. The van der Waals surface area contributed by atoms with Gasteiger partial charge in [0, 0.05) is 25.9 Å². The van der Waals surface area contributed by atoms with Crippen LogP contribution in [0.25, 0.3) is 0 Å². The minimum atomic E-state index is 0.117. The lowest BCUT2D eigenvalue weighted by Crippen LogP contribution is -2.43. The molecule has 0 atom stereocenters. The zero-order chi connectivity index (χ0) is 17.1. The van der Waals surface area contributed by atoms with Gasteiger partial charge in [0.2, 0.25) is 0 Å².